The molecule has 1 fully saturated rings. The van der Waals surface area contributed by atoms with E-state index >= 15 is 0 Å². The molecule has 1 atom stereocenters. The molecule has 0 saturated heterocycles. The quantitative estimate of drug-likeness (QED) is 0.761. The molecule has 1 aromatic carbocycles. The summed E-state index contributed by atoms with van der Waals surface area (Å²) in [6, 6.07) is 5.56. The van der Waals surface area contributed by atoms with Gasteiger partial charge in [-0.15, -0.1) is 0 Å². The van der Waals surface area contributed by atoms with Gasteiger partial charge in [0.2, 0.25) is 0 Å². The first-order chi connectivity index (χ1) is 8.70. The molecule has 0 aliphatic heterocycles. The lowest BCUT2D eigenvalue weighted by Crippen LogP contribution is -2.23. The molecule has 0 bridgehead atoms. The first kappa shape index (κ1) is 14.0. The van der Waals surface area contributed by atoms with E-state index in [1.54, 1.807) is 6.07 Å². The summed E-state index contributed by atoms with van der Waals surface area (Å²) in [5.41, 5.74) is 0.812. The molecule has 0 amide bonds. The van der Waals surface area contributed by atoms with Crippen molar-refractivity contribution in [3.05, 3.63) is 34.1 Å². The average Bonchev–Trinajstić information content (AvgIpc) is 3.14. The van der Waals surface area contributed by atoms with Crippen LogP contribution in [0.25, 0.3) is 0 Å². The maximum atomic E-state index is 14.0. The molecule has 1 N–H and O–H groups in total. The lowest BCUT2D eigenvalue weighted by Gasteiger charge is -2.19. The molecule has 1 unspecified atom stereocenters. The maximum absolute atomic E-state index is 14.0. The predicted octanol–water partition coefficient (Wildman–Crippen LogP) is 4.82. The fourth-order valence-corrected chi connectivity index (χ4v) is 2.61. The molecule has 1 aliphatic rings. The van der Waals surface area contributed by atoms with E-state index in [4.69, 9.17) is 0 Å². The zero-order chi connectivity index (χ0) is 13.0. The van der Waals surface area contributed by atoms with Gasteiger partial charge < -0.3 is 5.32 Å². The van der Waals surface area contributed by atoms with Gasteiger partial charge in [-0.05, 0) is 43.9 Å². The van der Waals surface area contributed by atoms with E-state index in [0.717, 1.165) is 35.3 Å². The van der Waals surface area contributed by atoms with E-state index in [1.165, 1.54) is 19.3 Å². The Morgan fingerprint density at radius 1 is 1.44 bits per heavy atom. The van der Waals surface area contributed by atoms with Crippen molar-refractivity contribution in [2.24, 2.45) is 5.92 Å². The van der Waals surface area contributed by atoms with E-state index in [0.29, 0.717) is 0 Å². The second-order valence-corrected chi connectivity index (χ2v) is 6.11. The van der Waals surface area contributed by atoms with Gasteiger partial charge in [-0.1, -0.05) is 41.8 Å². The van der Waals surface area contributed by atoms with Crippen LogP contribution in [0.2, 0.25) is 0 Å². The van der Waals surface area contributed by atoms with Gasteiger partial charge in [0.05, 0.1) is 0 Å². The van der Waals surface area contributed by atoms with Crippen LogP contribution in [0, 0.1) is 11.7 Å². The summed E-state index contributed by atoms with van der Waals surface area (Å²) in [7, 11) is 0. The molecule has 0 spiro atoms. The van der Waals surface area contributed by atoms with Gasteiger partial charge in [0, 0.05) is 16.1 Å². The second-order valence-electron chi connectivity index (χ2n) is 5.19. The molecule has 3 heteroatoms. The number of halogens is 2. The highest BCUT2D eigenvalue weighted by molar-refractivity contribution is 9.10. The van der Waals surface area contributed by atoms with Crippen molar-refractivity contribution in [2.75, 3.05) is 6.54 Å². The molecule has 100 valence electrons. The predicted molar refractivity (Wildman–Crippen MR) is 77.1 cm³/mol. The molecular weight excluding hydrogens is 293 g/mol. The minimum atomic E-state index is -0.103. The monoisotopic (exact) mass is 313 g/mol. The van der Waals surface area contributed by atoms with Crippen molar-refractivity contribution in [2.45, 2.75) is 45.1 Å². The first-order valence-electron chi connectivity index (χ1n) is 6.89. The van der Waals surface area contributed by atoms with Crippen LogP contribution < -0.4 is 5.32 Å². The number of hydrogen-bond acceptors (Lipinski definition) is 1. The normalized spacial score (nSPS) is 16.8. The summed E-state index contributed by atoms with van der Waals surface area (Å²) in [6.45, 7) is 3.09. The Labute approximate surface area is 117 Å². The molecule has 0 radical (unpaired) electrons. The lowest BCUT2D eigenvalue weighted by molar-refractivity contribution is 0.450. The minimum Gasteiger partial charge on any atom is -0.310 e. The molecule has 2 rings (SSSR count). The second kappa shape index (κ2) is 6.67. The Morgan fingerprint density at radius 2 is 2.22 bits per heavy atom. The largest absolute Gasteiger partial charge is 0.310 e. The molecule has 0 aromatic heterocycles. The minimum absolute atomic E-state index is 0.103. The third-order valence-electron chi connectivity index (χ3n) is 3.54. The Morgan fingerprint density at radius 3 is 2.83 bits per heavy atom. The summed E-state index contributed by atoms with van der Waals surface area (Å²) in [6.07, 6.45) is 6.07. The van der Waals surface area contributed by atoms with Gasteiger partial charge >= 0.3 is 0 Å². The third-order valence-corrected chi connectivity index (χ3v) is 4.03. The molecule has 1 saturated carbocycles. The van der Waals surface area contributed by atoms with Gasteiger partial charge in [0.1, 0.15) is 5.82 Å². The zero-order valence-electron chi connectivity index (χ0n) is 10.9. The fourth-order valence-electron chi connectivity index (χ4n) is 2.28. The summed E-state index contributed by atoms with van der Waals surface area (Å²) >= 11 is 3.31. The molecule has 1 nitrogen and oxygen atoms in total. The highest BCUT2D eigenvalue weighted by Gasteiger charge is 2.23. The van der Waals surface area contributed by atoms with Gasteiger partial charge in [-0.25, -0.2) is 4.39 Å². The van der Waals surface area contributed by atoms with Crippen LogP contribution in [0.4, 0.5) is 4.39 Å². The van der Waals surface area contributed by atoms with E-state index in [1.807, 2.05) is 12.1 Å². The first-order valence-corrected chi connectivity index (χ1v) is 7.68. The van der Waals surface area contributed by atoms with Crippen LogP contribution in [0.1, 0.15) is 50.6 Å². The van der Waals surface area contributed by atoms with Crippen molar-refractivity contribution in [1.82, 2.24) is 5.32 Å². The summed E-state index contributed by atoms with van der Waals surface area (Å²) in [4.78, 5) is 0. The third kappa shape index (κ3) is 4.06. The molecule has 0 heterocycles. The number of hydrogen-bond donors (Lipinski definition) is 1. The van der Waals surface area contributed by atoms with E-state index in [2.05, 4.69) is 28.2 Å². The summed E-state index contributed by atoms with van der Waals surface area (Å²) in [5, 5.41) is 3.47. The fraction of sp³-hybridized carbons (Fsp3) is 0.600. The topological polar surface area (TPSA) is 12.0 Å². The van der Waals surface area contributed by atoms with Gasteiger partial charge in [-0.2, -0.15) is 0 Å². The van der Waals surface area contributed by atoms with E-state index in [9.17, 15) is 4.39 Å². The van der Waals surface area contributed by atoms with Crippen LogP contribution in [-0.4, -0.2) is 6.54 Å². The highest BCUT2D eigenvalue weighted by atomic mass is 79.9. The van der Waals surface area contributed by atoms with Crippen LogP contribution in [-0.2, 0) is 0 Å². The van der Waals surface area contributed by atoms with Crippen molar-refractivity contribution in [1.29, 1.82) is 0 Å². The smallest absolute Gasteiger partial charge is 0.129 e. The van der Waals surface area contributed by atoms with Crippen molar-refractivity contribution >= 4 is 15.9 Å². The van der Waals surface area contributed by atoms with Crippen LogP contribution in [0.15, 0.2) is 22.7 Å². The molecule has 18 heavy (non-hydrogen) atoms. The summed E-state index contributed by atoms with van der Waals surface area (Å²) < 4.78 is 14.8. The zero-order valence-corrected chi connectivity index (χ0v) is 12.5. The molecular formula is C15H21BrFN. The number of nitrogens with one attached hydrogen (secondary N) is 1. The van der Waals surface area contributed by atoms with Gasteiger partial charge in [0.25, 0.3) is 0 Å². The van der Waals surface area contributed by atoms with Gasteiger partial charge in [-0.3, -0.25) is 0 Å². The maximum Gasteiger partial charge on any atom is 0.129 e. The SMILES string of the molecule is CCCNC(CCC1CC1)c1ccc(Br)cc1F. The van der Waals surface area contributed by atoms with E-state index in [-0.39, 0.29) is 11.9 Å². The molecule has 1 aliphatic carbocycles. The number of benzene rings is 1. The van der Waals surface area contributed by atoms with Crippen LogP contribution in [0.5, 0.6) is 0 Å². The Kier molecular flexibility index (Phi) is 5.19. The Hall–Kier alpha value is -0.410. The van der Waals surface area contributed by atoms with E-state index < -0.39 is 0 Å². The van der Waals surface area contributed by atoms with Crippen molar-refractivity contribution < 1.29 is 4.39 Å². The summed E-state index contributed by atoms with van der Waals surface area (Å²) in [5.74, 6) is 0.795. The van der Waals surface area contributed by atoms with Gasteiger partial charge in [0.15, 0.2) is 0 Å². The Bertz CT molecular complexity index is 390. The van der Waals surface area contributed by atoms with Crippen molar-refractivity contribution in [3.63, 3.8) is 0 Å². The lowest BCUT2D eigenvalue weighted by atomic mass is 10.00. The van der Waals surface area contributed by atoms with Crippen LogP contribution in [0.3, 0.4) is 0 Å². The molecule has 1 aromatic rings. The standard InChI is InChI=1S/C15H21BrFN/c1-2-9-18-15(8-5-11-3-4-11)13-7-6-12(16)10-14(13)17/h6-7,10-11,15,18H,2-5,8-9H2,1H3. The highest BCUT2D eigenvalue weighted by Crippen LogP contribution is 2.36. The Balaban J connectivity index is 2.04. The number of rotatable bonds is 7. The van der Waals surface area contributed by atoms with Crippen LogP contribution >= 0.6 is 15.9 Å². The van der Waals surface area contributed by atoms with Crippen molar-refractivity contribution in [3.8, 4) is 0 Å². The average molecular weight is 314 g/mol.